The van der Waals surface area contributed by atoms with Crippen LogP contribution in [0.4, 0.5) is 0 Å². The summed E-state index contributed by atoms with van der Waals surface area (Å²) in [6.07, 6.45) is 4.93. The third-order valence-corrected chi connectivity index (χ3v) is 6.19. The maximum Gasteiger partial charge on any atom is 0.253 e. The highest BCUT2D eigenvalue weighted by atomic mass is 16.3. The molecule has 2 heterocycles. The Kier molecular flexibility index (Phi) is 3.88. The zero-order valence-electron chi connectivity index (χ0n) is 16.0. The first-order chi connectivity index (χ1) is 13.6. The predicted molar refractivity (Wildman–Crippen MR) is 107 cm³/mol. The second-order valence-electron chi connectivity index (χ2n) is 7.98. The lowest BCUT2D eigenvalue weighted by Gasteiger charge is -2.35. The molecule has 0 saturated carbocycles. The number of aliphatic hydroxyl groups is 1. The van der Waals surface area contributed by atoms with E-state index in [1.54, 1.807) is 19.0 Å². The van der Waals surface area contributed by atoms with Gasteiger partial charge >= 0.3 is 0 Å². The van der Waals surface area contributed by atoms with E-state index >= 15 is 0 Å². The molecule has 1 aliphatic carbocycles. The fourth-order valence-electron chi connectivity index (χ4n) is 4.85. The summed E-state index contributed by atoms with van der Waals surface area (Å²) in [4.78, 5) is 18.2. The van der Waals surface area contributed by atoms with Crippen LogP contribution >= 0.6 is 0 Å². The second-order valence-corrected chi connectivity index (χ2v) is 7.98. The van der Waals surface area contributed by atoms with Crippen molar-refractivity contribution < 1.29 is 9.90 Å². The van der Waals surface area contributed by atoms with Gasteiger partial charge in [-0.2, -0.15) is 0 Å². The van der Waals surface area contributed by atoms with Crippen molar-refractivity contribution in [3.63, 3.8) is 0 Å². The minimum absolute atomic E-state index is 0.00723. The number of aliphatic hydroxyl groups excluding tert-OH is 1. The molecule has 3 aromatic rings. The lowest BCUT2D eigenvalue weighted by Crippen LogP contribution is -2.29. The van der Waals surface area contributed by atoms with Crippen LogP contribution in [0.5, 0.6) is 0 Å². The Balaban J connectivity index is 1.53. The molecule has 0 saturated heterocycles. The first-order valence-corrected chi connectivity index (χ1v) is 9.70. The van der Waals surface area contributed by atoms with Crippen molar-refractivity contribution in [2.75, 3.05) is 14.1 Å². The van der Waals surface area contributed by atoms with E-state index in [0.29, 0.717) is 5.56 Å². The Bertz CT molecular complexity index is 1070. The van der Waals surface area contributed by atoms with E-state index < -0.39 is 6.10 Å². The van der Waals surface area contributed by atoms with Crippen molar-refractivity contribution >= 4 is 5.91 Å². The van der Waals surface area contributed by atoms with Crippen molar-refractivity contribution in [2.45, 2.75) is 25.0 Å². The standard InChI is InChI=1S/C23H23N3O2/c1-25(2)23(28)15-8-9-16-14(11-15)7-10-19(22(16)27)21-18-6-4-3-5-17(18)20-12-24-13-26(20)21/h3-6,8-9,11-13,19,21-22,27H,7,10H2,1-2H3/t19-,21+,22+/m1/s1. The summed E-state index contributed by atoms with van der Waals surface area (Å²) in [5, 5.41) is 11.3. The zero-order valence-corrected chi connectivity index (χ0v) is 16.0. The van der Waals surface area contributed by atoms with Crippen LogP contribution in [0.15, 0.2) is 55.0 Å². The van der Waals surface area contributed by atoms with E-state index in [4.69, 9.17) is 0 Å². The Labute approximate surface area is 164 Å². The van der Waals surface area contributed by atoms with Crippen LogP contribution in [0.2, 0.25) is 0 Å². The van der Waals surface area contributed by atoms with Gasteiger partial charge in [0.25, 0.3) is 5.91 Å². The zero-order chi connectivity index (χ0) is 19.4. The van der Waals surface area contributed by atoms with Crippen LogP contribution in [-0.4, -0.2) is 39.6 Å². The predicted octanol–water partition coefficient (Wildman–Crippen LogP) is 3.45. The molecule has 0 spiro atoms. The molecule has 5 rings (SSSR count). The molecule has 1 aromatic heterocycles. The van der Waals surface area contributed by atoms with E-state index in [2.05, 4.69) is 33.8 Å². The summed E-state index contributed by atoms with van der Waals surface area (Å²) in [5.41, 5.74) is 6.27. The number of rotatable bonds is 2. The summed E-state index contributed by atoms with van der Waals surface area (Å²) < 4.78 is 2.20. The third-order valence-electron chi connectivity index (χ3n) is 6.19. The Morgan fingerprint density at radius 1 is 1.18 bits per heavy atom. The number of imidazole rings is 1. The molecule has 0 bridgehead atoms. The Morgan fingerprint density at radius 3 is 2.82 bits per heavy atom. The van der Waals surface area contributed by atoms with Gasteiger partial charge in [0.05, 0.1) is 30.4 Å². The van der Waals surface area contributed by atoms with Crippen LogP contribution in [-0.2, 0) is 6.42 Å². The lowest BCUT2D eigenvalue weighted by molar-refractivity contribution is 0.0717. The summed E-state index contributed by atoms with van der Waals surface area (Å²) in [6.45, 7) is 0. The molecular weight excluding hydrogens is 350 g/mol. The molecule has 5 nitrogen and oxygen atoms in total. The molecule has 1 aliphatic heterocycles. The van der Waals surface area contributed by atoms with E-state index in [9.17, 15) is 9.90 Å². The van der Waals surface area contributed by atoms with Gasteiger partial charge in [0.2, 0.25) is 0 Å². The van der Waals surface area contributed by atoms with Crippen molar-refractivity contribution in [3.05, 3.63) is 77.2 Å². The summed E-state index contributed by atoms with van der Waals surface area (Å²) >= 11 is 0. The monoisotopic (exact) mass is 373 g/mol. The number of fused-ring (bicyclic) bond motifs is 4. The second kappa shape index (κ2) is 6.31. The minimum Gasteiger partial charge on any atom is -0.388 e. The number of hydrogen-bond donors (Lipinski definition) is 1. The molecule has 5 heteroatoms. The minimum atomic E-state index is -0.571. The van der Waals surface area contributed by atoms with Crippen LogP contribution < -0.4 is 0 Å². The number of carbonyl (C=O) groups is 1. The van der Waals surface area contributed by atoms with Crippen molar-refractivity contribution in [3.8, 4) is 11.3 Å². The maximum atomic E-state index is 12.3. The number of aryl methyl sites for hydroxylation is 1. The first kappa shape index (κ1) is 17.2. The van der Waals surface area contributed by atoms with Gasteiger partial charge in [-0.05, 0) is 41.7 Å². The Hall–Kier alpha value is -2.92. The molecule has 0 radical (unpaired) electrons. The van der Waals surface area contributed by atoms with Gasteiger partial charge < -0.3 is 14.6 Å². The molecule has 142 valence electrons. The number of carbonyl (C=O) groups excluding carboxylic acids is 1. The summed E-state index contributed by atoms with van der Waals surface area (Å²) in [6, 6.07) is 14.2. The molecule has 1 N–H and O–H groups in total. The van der Waals surface area contributed by atoms with Gasteiger partial charge in [-0.25, -0.2) is 4.98 Å². The maximum absolute atomic E-state index is 12.3. The molecule has 1 amide bonds. The number of hydrogen-bond acceptors (Lipinski definition) is 3. The molecule has 28 heavy (non-hydrogen) atoms. The number of benzene rings is 2. The highest BCUT2D eigenvalue weighted by molar-refractivity contribution is 5.94. The van der Waals surface area contributed by atoms with Crippen LogP contribution in [0.25, 0.3) is 11.3 Å². The average Bonchev–Trinajstić information content (AvgIpc) is 3.29. The van der Waals surface area contributed by atoms with Crippen LogP contribution in [0.1, 0.15) is 45.6 Å². The number of nitrogens with zero attached hydrogens (tertiary/aromatic N) is 3. The number of aromatic nitrogens is 2. The topological polar surface area (TPSA) is 58.4 Å². The first-order valence-electron chi connectivity index (χ1n) is 9.70. The highest BCUT2D eigenvalue weighted by Crippen LogP contribution is 2.49. The molecule has 0 fully saturated rings. The molecular formula is C23H23N3O2. The van der Waals surface area contributed by atoms with Crippen LogP contribution in [0, 0.1) is 5.92 Å². The summed E-state index contributed by atoms with van der Waals surface area (Å²) in [5.74, 6) is 0.0618. The molecule has 2 aliphatic rings. The van der Waals surface area contributed by atoms with E-state index in [0.717, 1.165) is 29.7 Å². The van der Waals surface area contributed by atoms with Gasteiger partial charge in [0.1, 0.15) is 0 Å². The SMILES string of the molecule is CN(C)C(=O)c1ccc2c(c1)CC[C@H]([C@@H]1c3ccccc3-c3cncn31)[C@H]2O. The largest absolute Gasteiger partial charge is 0.388 e. The number of amides is 1. The van der Waals surface area contributed by atoms with Crippen molar-refractivity contribution in [1.29, 1.82) is 0 Å². The van der Waals surface area contributed by atoms with E-state index in [1.807, 2.05) is 30.7 Å². The van der Waals surface area contributed by atoms with Crippen molar-refractivity contribution in [1.82, 2.24) is 14.5 Å². The van der Waals surface area contributed by atoms with Gasteiger partial charge in [0.15, 0.2) is 0 Å². The van der Waals surface area contributed by atoms with Crippen LogP contribution in [0.3, 0.4) is 0 Å². The van der Waals surface area contributed by atoms with Crippen molar-refractivity contribution in [2.24, 2.45) is 5.92 Å². The van der Waals surface area contributed by atoms with Gasteiger partial charge in [-0.1, -0.05) is 30.3 Å². The molecule has 0 unspecified atom stereocenters. The van der Waals surface area contributed by atoms with Gasteiger partial charge in [-0.15, -0.1) is 0 Å². The Morgan fingerprint density at radius 2 is 2.00 bits per heavy atom. The fraction of sp³-hybridized carbons (Fsp3) is 0.304. The molecule has 3 atom stereocenters. The average molecular weight is 373 g/mol. The van der Waals surface area contributed by atoms with Gasteiger partial charge in [0, 0.05) is 31.1 Å². The highest BCUT2D eigenvalue weighted by Gasteiger charge is 2.40. The fourth-order valence-corrected chi connectivity index (χ4v) is 4.85. The third kappa shape index (κ3) is 2.43. The smallest absolute Gasteiger partial charge is 0.253 e. The normalized spacial score (nSPS) is 22.3. The molecule has 2 aromatic carbocycles. The lowest BCUT2D eigenvalue weighted by atomic mass is 9.75. The van der Waals surface area contributed by atoms with E-state index in [-0.39, 0.29) is 17.9 Å². The summed E-state index contributed by atoms with van der Waals surface area (Å²) in [7, 11) is 3.51. The van der Waals surface area contributed by atoms with E-state index in [1.165, 1.54) is 11.1 Å². The quantitative estimate of drug-likeness (QED) is 0.748. The van der Waals surface area contributed by atoms with Gasteiger partial charge in [-0.3, -0.25) is 4.79 Å².